The summed E-state index contributed by atoms with van der Waals surface area (Å²) in [6.07, 6.45) is 0. The molecule has 2 aromatic carbocycles. The van der Waals surface area contributed by atoms with Crippen LogP contribution >= 0.6 is 0 Å². The number of nitriles is 1. The van der Waals surface area contributed by atoms with Gasteiger partial charge in [0.2, 0.25) is 0 Å². The minimum absolute atomic E-state index is 0.305. The average Bonchev–Trinajstić information content (AvgIpc) is 2.76. The first kappa shape index (κ1) is 13.1. The lowest BCUT2D eigenvalue weighted by molar-refractivity contribution is 0.0926. The van der Waals surface area contributed by atoms with E-state index in [1.165, 1.54) is 4.90 Å². The Labute approximate surface area is 122 Å². The van der Waals surface area contributed by atoms with Gasteiger partial charge >= 0.3 is 0 Å². The van der Waals surface area contributed by atoms with Gasteiger partial charge in [-0.2, -0.15) is 5.26 Å². The maximum Gasteiger partial charge on any atom is 0.266 e. The number of hydrogen-bond acceptors (Lipinski definition) is 3. The number of carbonyl (C=O) groups excluding carboxylic acids is 2. The number of imide groups is 1. The van der Waals surface area contributed by atoms with Crippen molar-refractivity contribution >= 4 is 17.5 Å². The summed E-state index contributed by atoms with van der Waals surface area (Å²) in [6.45, 7) is 3.65. The van der Waals surface area contributed by atoms with Crippen molar-refractivity contribution in [3.8, 4) is 6.07 Å². The Bertz CT molecular complexity index is 773. The molecule has 21 heavy (non-hydrogen) atoms. The van der Waals surface area contributed by atoms with E-state index in [-0.39, 0.29) is 11.8 Å². The molecule has 2 amide bonds. The maximum atomic E-state index is 12.6. The second-order valence-electron chi connectivity index (χ2n) is 5.05. The van der Waals surface area contributed by atoms with Gasteiger partial charge in [-0.25, -0.2) is 4.90 Å². The van der Waals surface area contributed by atoms with Crippen molar-refractivity contribution in [1.82, 2.24) is 0 Å². The molecule has 0 bridgehead atoms. The van der Waals surface area contributed by atoms with Crippen molar-refractivity contribution in [2.24, 2.45) is 0 Å². The molecule has 1 aliphatic rings. The average molecular weight is 276 g/mol. The first-order valence-electron chi connectivity index (χ1n) is 6.53. The largest absolute Gasteiger partial charge is 0.268 e. The molecule has 1 heterocycles. The van der Waals surface area contributed by atoms with E-state index >= 15 is 0 Å². The van der Waals surface area contributed by atoms with Gasteiger partial charge in [-0.05, 0) is 49.2 Å². The van der Waals surface area contributed by atoms with Gasteiger partial charge in [0.15, 0.2) is 0 Å². The van der Waals surface area contributed by atoms with Crippen molar-refractivity contribution in [3.63, 3.8) is 0 Å². The molecule has 0 fully saturated rings. The Morgan fingerprint density at radius 2 is 1.33 bits per heavy atom. The minimum atomic E-state index is -0.305. The number of rotatable bonds is 1. The van der Waals surface area contributed by atoms with Crippen molar-refractivity contribution in [1.29, 1.82) is 5.26 Å². The third-order valence-corrected chi connectivity index (χ3v) is 3.71. The summed E-state index contributed by atoms with van der Waals surface area (Å²) in [5, 5.41) is 8.82. The van der Waals surface area contributed by atoms with Gasteiger partial charge in [-0.15, -0.1) is 0 Å². The molecule has 1 aliphatic heterocycles. The molecule has 4 nitrogen and oxygen atoms in total. The van der Waals surface area contributed by atoms with E-state index < -0.39 is 0 Å². The van der Waals surface area contributed by atoms with Gasteiger partial charge < -0.3 is 0 Å². The molecule has 0 radical (unpaired) electrons. The molecule has 0 saturated heterocycles. The van der Waals surface area contributed by atoms with Crippen LogP contribution < -0.4 is 4.90 Å². The van der Waals surface area contributed by atoms with E-state index in [0.717, 1.165) is 11.1 Å². The third kappa shape index (κ3) is 1.83. The number of hydrogen-bond donors (Lipinski definition) is 0. The molecule has 0 N–H and O–H groups in total. The molecule has 0 aliphatic carbocycles. The number of benzene rings is 2. The molecule has 4 heteroatoms. The Hall–Kier alpha value is -2.93. The lowest BCUT2D eigenvalue weighted by Gasteiger charge is -2.13. The summed E-state index contributed by atoms with van der Waals surface area (Å²) in [5.41, 5.74) is 3.52. The fraction of sp³-hybridized carbons (Fsp3) is 0.118. The molecule has 3 rings (SSSR count). The second kappa shape index (κ2) is 4.57. The smallest absolute Gasteiger partial charge is 0.266 e. The van der Waals surface area contributed by atoms with Gasteiger partial charge in [-0.3, -0.25) is 9.59 Å². The Balaban J connectivity index is 2.14. The molecular formula is C17H12N2O2. The van der Waals surface area contributed by atoms with Crippen LogP contribution in [0.3, 0.4) is 0 Å². The van der Waals surface area contributed by atoms with E-state index in [0.29, 0.717) is 22.4 Å². The fourth-order valence-corrected chi connectivity index (χ4v) is 2.60. The van der Waals surface area contributed by atoms with E-state index in [4.69, 9.17) is 5.26 Å². The summed E-state index contributed by atoms with van der Waals surface area (Å²) >= 11 is 0. The highest BCUT2D eigenvalue weighted by molar-refractivity contribution is 6.35. The van der Waals surface area contributed by atoms with Crippen LogP contribution in [0.25, 0.3) is 0 Å². The number of anilines is 1. The normalized spacial score (nSPS) is 13.3. The zero-order valence-electron chi connectivity index (χ0n) is 11.7. The molecule has 0 aromatic heterocycles. The van der Waals surface area contributed by atoms with Crippen molar-refractivity contribution in [3.05, 3.63) is 64.2 Å². The monoisotopic (exact) mass is 276 g/mol. The van der Waals surface area contributed by atoms with Crippen LogP contribution in [0.1, 0.15) is 37.4 Å². The van der Waals surface area contributed by atoms with Gasteiger partial charge in [0.1, 0.15) is 0 Å². The summed E-state index contributed by atoms with van der Waals surface area (Å²) in [7, 11) is 0. The lowest BCUT2D eigenvalue weighted by atomic mass is 9.99. The number of carbonyl (C=O) groups is 2. The van der Waals surface area contributed by atoms with Crippen LogP contribution in [0.15, 0.2) is 36.4 Å². The number of amides is 2. The first-order valence-corrected chi connectivity index (χ1v) is 6.53. The highest BCUT2D eigenvalue weighted by Gasteiger charge is 2.38. The molecule has 0 unspecified atom stereocenters. The predicted octanol–water partition coefficient (Wildman–Crippen LogP) is 2.98. The highest BCUT2D eigenvalue weighted by atomic mass is 16.2. The SMILES string of the molecule is Cc1ccc(C)c2c1C(=O)N(c1ccc(C#N)cc1)C2=O. The van der Waals surface area contributed by atoms with Gasteiger partial charge in [0.05, 0.1) is 28.4 Å². The molecule has 0 spiro atoms. The van der Waals surface area contributed by atoms with Crippen LogP contribution in [0, 0.1) is 25.2 Å². The predicted molar refractivity (Wildman–Crippen MR) is 78.2 cm³/mol. The van der Waals surface area contributed by atoms with E-state index in [1.54, 1.807) is 24.3 Å². The molecular weight excluding hydrogens is 264 g/mol. The minimum Gasteiger partial charge on any atom is -0.268 e. The van der Waals surface area contributed by atoms with Gasteiger partial charge in [0, 0.05) is 0 Å². The third-order valence-electron chi connectivity index (χ3n) is 3.71. The van der Waals surface area contributed by atoms with Crippen LogP contribution in [-0.4, -0.2) is 11.8 Å². The molecule has 0 saturated carbocycles. The Kier molecular flexibility index (Phi) is 2.84. The van der Waals surface area contributed by atoms with E-state index in [9.17, 15) is 9.59 Å². The van der Waals surface area contributed by atoms with E-state index in [2.05, 4.69) is 0 Å². The van der Waals surface area contributed by atoms with Crippen molar-refractivity contribution < 1.29 is 9.59 Å². The molecule has 0 atom stereocenters. The van der Waals surface area contributed by atoms with E-state index in [1.807, 2.05) is 32.0 Å². The van der Waals surface area contributed by atoms with Crippen LogP contribution in [0.5, 0.6) is 0 Å². The summed E-state index contributed by atoms with van der Waals surface area (Å²) in [6, 6.07) is 12.1. The lowest BCUT2D eigenvalue weighted by Crippen LogP contribution is -2.29. The zero-order valence-corrected chi connectivity index (χ0v) is 11.7. The highest BCUT2D eigenvalue weighted by Crippen LogP contribution is 2.32. The number of nitrogens with zero attached hydrogens (tertiary/aromatic N) is 2. The zero-order chi connectivity index (χ0) is 15.1. The van der Waals surface area contributed by atoms with Crippen molar-refractivity contribution in [2.75, 3.05) is 4.90 Å². The summed E-state index contributed by atoms with van der Waals surface area (Å²) in [5.74, 6) is -0.609. The maximum absolute atomic E-state index is 12.6. The van der Waals surface area contributed by atoms with Crippen LogP contribution in [0.4, 0.5) is 5.69 Å². The van der Waals surface area contributed by atoms with Crippen molar-refractivity contribution in [2.45, 2.75) is 13.8 Å². The summed E-state index contributed by atoms with van der Waals surface area (Å²) < 4.78 is 0. The first-order chi connectivity index (χ1) is 10.0. The van der Waals surface area contributed by atoms with Gasteiger partial charge in [0.25, 0.3) is 11.8 Å². The topological polar surface area (TPSA) is 61.2 Å². The standard InChI is InChI=1S/C17H12N2O2/c1-10-3-4-11(2)15-14(10)16(20)19(17(15)21)13-7-5-12(9-18)6-8-13/h3-8H,1-2H3. The molecule has 2 aromatic rings. The molecule has 102 valence electrons. The van der Waals surface area contributed by atoms with Crippen LogP contribution in [-0.2, 0) is 0 Å². The number of aryl methyl sites for hydroxylation is 2. The Morgan fingerprint density at radius 3 is 1.76 bits per heavy atom. The quantitative estimate of drug-likeness (QED) is 0.752. The second-order valence-corrected chi connectivity index (χ2v) is 5.05. The van der Waals surface area contributed by atoms with Gasteiger partial charge in [-0.1, -0.05) is 12.1 Å². The number of fused-ring (bicyclic) bond motifs is 1. The van der Waals surface area contributed by atoms with Crippen LogP contribution in [0.2, 0.25) is 0 Å². The fourth-order valence-electron chi connectivity index (χ4n) is 2.60. The Morgan fingerprint density at radius 1 is 0.857 bits per heavy atom. The summed E-state index contributed by atoms with van der Waals surface area (Å²) in [4.78, 5) is 26.3.